The van der Waals surface area contributed by atoms with Gasteiger partial charge in [0.15, 0.2) is 0 Å². The predicted octanol–water partition coefficient (Wildman–Crippen LogP) is 2.59. The van der Waals surface area contributed by atoms with Crippen LogP contribution in [0.4, 0.5) is 4.79 Å². The highest BCUT2D eigenvalue weighted by Gasteiger charge is 2.20. The zero-order valence-corrected chi connectivity index (χ0v) is 13.7. The van der Waals surface area contributed by atoms with Crippen LogP contribution in [0.25, 0.3) is 0 Å². The van der Waals surface area contributed by atoms with E-state index >= 15 is 0 Å². The average Bonchev–Trinajstić information content (AvgIpc) is 2.29. The lowest BCUT2D eigenvalue weighted by Crippen LogP contribution is -2.42. The van der Waals surface area contributed by atoms with E-state index in [1.54, 1.807) is 6.07 Å². The summed E-state index contributed by atoms with van der Waals surface area (Å²) >= 11 is 2.02. The third-order valence-electron chi connectivity index (χ3n) is 1.95. The fourth-order valence-corrected chi connectivity index (χ4v) is 1.83. The summed E-state index contributed by atoms with van der Waals surface area (Å²) in [6, 6.07) is 1.66. The number of hydrogen-bond donors (Lipinski definition) is 1. The molecule has 1 N–H and O–H groups in total. The number of halogens is 1. The molecule has 0 atom stereocenters. The third kappa shape index (κ3) is 4.73. The van der Waals surface area contributed by atoms with Gasteiger partial charge in [-0.15, -0.1) is 0 Å². The lowest BCUT2D eigenvalue weighted by molar-refractivity contribution is 0.187. The van der Waals surface area contributed by atoms with E-state index in [0.717, 1.165) is 0 Å². The van der Waals surface area contributed by atoms with Crippen LogP contribution in [0.5, 0.6) is 17.5 Å². The normalized spacial score (nSPS) is 10.8. The molecule has 0 unspecified atom stereocenters. The van der Waals surface area contributed by atoms with Crippen molar-refractivity contribution in [3.05, 3.63) is 9.64 Å². The molecule has 0 aliphatic carbocycles. The number of ether oxygens (including phenoxy) is 3. The standard InChI is InChI=1S/C12H17IN2O4/c1-12(2,3)15-11(16)19-9-7(13)6-8(17-4)14-10(9)18-5/h6H,1-5H3,(H,15,16). The molecule has 0 radical (unpaired) electrons. The van der Waals surface area contributed by atoms with Crippen molar-refractivity contribution in [3.63, 3.8) is 0 Å². The van der Waals surface area contributed by atoms with Gasteiger partial charge in [-0.1, -0.05) is 0 Å². The van der Waals surface area contributed by atoms with Crippen molar-refractivity contribution in [2.75, 3.05) is 14.2 Å². The molecule has 106 valence electrons. The van der Waals surface area contributed by atoms with Gasteiger partial charge in [-0.25, -0.2) is 4.79 Å². The zero-order chi connectivity index (χ0) is 14.6. The number of amides is 1. The van der Waals surface area contributed by atoms with Crippen LogP contribution in [0.3, 0.4) is 0 Å². The molecule has 0 spiro atoms. The van der Waals surface area contributed by atoms with Crippen LogP contribution >= 0.6 is 22.6 Å². The van der Waals surface area contributed by atoms with Crippen LogP contribution < -0.4 is 19.5 Å². The van der Waals surface area contributed by atoms with E-state index in [4.69, 9.17) is 14.2 Å². The molecule has 1 aromatic heterocycles. The number of methoxy groups -OCH3 is 2. The Morgan fingerprint density at radius 2 is 1.95 bits per heavy atom. The van der Waals surface area contributed by atoms with Gasteiger partial charge in [0, 0.05) is 11.6 Å². The highest BCUT2D eigenvalue weighted by molar-refractivity contribution is 14.1. The smallest absolute Gasteiger partial charge is 0.413 e. The molecular weight excluding hydrogens is 363 g/mol. The average molecular weight is 380 g/mol. The van der Waals surface area contributed by atoms with Crippen molar-refractivity contribution >= 4 is 28.7 Å². The van der Waals surface area contributed by atoms with Crippen LogP contribution in [0, 0.1) is 3.57 Å². The summed E-state index contributed by atoms with van der Waals surface area (Å²) in [6.45, 7) is 5.59. The van der Waals surface area contributed by atoms with Crippen molar-refractivity contribution in [2.24, 2.45) is 0 Å². The van der Waals surface area contributed by atoms with Gasteiger partial charge in [-0.2, -0.15) is 4.98 Å². The van der Waals surface area contributed by atoms with Crippen LogP contribution in [0.1, 0.15) is 20.8 Å². The number of carbonyl (C=O) groups excluding carboxylic acids is 1. The number of pyridine rings is 1. The van der Waals surface area contributed by atoms with Gasteiger partial charge in [0.1, 0.15) is 0 Å². The number of carbonyl (C=O) groups is 1. The van der Waals surface area contributed by atoms with Crippen LogP contribution in [0.15, 0.2) is 6.07 Å². The summed E-state index contributed by atoms with van der Waals surface area (Å²) in [5.74, 6) is 0.864. The number of nitrogens with one attached hydrogen (secondary N) is 1. The summed E-state index contributed by atoms with van der Waals surface area (Å²) in [5, 5.41) is 2.70. The van der Waals surface area contributed by atoms with Gasteiger partial charge < -0.3 is 19.5 Å². The van der Waals surface area contributed by atoms with Gasteiger partial charge in [-0.05, 0) is 43.4 Å². The minimum Gasteiger partial charge on any atom is -0.481 e. The van der Waals surface area contributed by atoms with E-state index < -0.39 is 6.09 Å². The second-order valence-corrected chi connectivity index (χ2v) is 5.91. The maximum atomic E-state index is 11.8. The lowest BCUT2D eigenvalue weighted by Gasteiger charge is -2.20. The molecule has 1 heterocycles. The predicted molar refractivity (Wildman–Crippen MR) is 79.0 cm³/mol. The molecule has 0 saturated carbocycles. The summed E-state index contributed by atoms with van der Waals surface area (Å²) < 4.78 is 16.0. The van der Waals surface area contributed by atoms with Crippen molar-refractivity contribution in [1.29, 1.82) is 0 Å². The number of hydrogen-bond acceptors (Lipinski definition) is 5. The SMILES string of the molecule is COc1cc(I)c(OC(=O)NC(C)(C)C)c(OC)n1. The molecule has 0 aliphatic heterocycles. The van der Waals surface area contributed by atoms with E-state index in [0.29, 0.717) is 9.45 Å². The lowest BCUT2D eigenvalue weighted by atomic mass is 10.1. The second-order valence-electron chi connectivity index (χ2n) is 4.75. The largest absolute Gasteiger partial charge is 0.481 e. The molecule has 1 aromatic rings. The van der Waals surface area contributed by atoms with E-state index in [2.05, 4.69) is 10.3 Å². The van der Waals surface area contributed by atoms with Gasteiger partial charge >= 0.3 is 6.09 Å². The number of nitrogens with zero attached hydrogens (tertiary/aromatic N) is 1. The molecule has 0 bridgehead atoms. The van der Waals surface area contributed by atoms with Crippen molar-refractivity contribution in [3.8, 4) is 17.5 Å². The first-order chi connectivity index (χ1) is 8.76. The molecule has 0 saturated heterocycles. The molecule has 7 heteroatoms. The van der Waals surface area contributed by atoms with Crippen molar-refractivity contribution in [2.45, 2.75) is 26.3 Å². The first-order valence-corrected chi connectivity index (χ1v) is 6.63. The zero-order valence-electron chi connectivity index (χ0n) is 11.5. The fraction of sp³-hybridized carbons (Fsp3) is 0.500. The third-order valence-corrected chi connectivity index (χ3v) is 2.75. The highest BCUT2D eigenvalue weighted by Crippen LogP contribution is 2.33. The molecule has 19 heavy (non-hydrogen) atoms. The van der Waals surface area contributed by atoms with E-state index in [-0.39, 0.29) is 17.2 Å². The Bertz CT molecular complexity index is 472. The molecule has 0 aliphatic rings. The van der Waals surface area contributed by atoms with Gasteiger partial charge in [0.25, 0.3) is 5.88 Å². The molecule has 0 fully saturated rings. The van der Waals surface area contributed by atoms with E-state index in [1.807, 2.05) is 43.4 Å². The minimum atomic E-state index is -0.560. The maximum absolute atomic E-state index is 11.8. The molecule has 1 amide bonds. The monoisotopic (exact) mass is 380 g/mol. The van der Waals surface area contributed by atoms with Crippen LogP contribution in [-0.2, 0) is 0 Å². The molecular formula is C12H17IN2O4. The van der Waals surface area contributed by atoms with Crippen molar-refractivity contribution in [1.82, 2.24) is 10.3 Å². The van der Waals surface area contributed by atoms with Crippen molar-refractivity contribution < 1.29 is 19.0 Å². The van der Waals surface area contributed by atoms with E-state index in [1.165, 1.54) is 14.2 Å². The van der Waals surface area contributed by atoms with E-state index in [9.17, 15) is 4.79 Å². The first kappa shape index (κ1) is 15.8. The summed E-state index contributed by atoms with van der Waals surface area (Å²) in [6.07, 6.45) is -0.560. The Morgan fingerprint density at radius 3 is 2.42 bits per heavy atom. The fourth-order valence-electron chi connectivity index (χ4n) is 1.22. The summed E-state index contributed by atoms with van der Waals surface area (Å²) in [7, 11) is 2.96. The molecule has 0 aromatic carbocycles. The van der Waals surface area contributed by atoms with Gasteiger partial charge in [-0.3, -0.25) is 0 Å². The van der Waals surface area contributed by atoms with Crippen LogP contribution in [0.2, 0.25) is 0 Å². The number of aromatic nitrogens is 1. The Morgan fingerprint density at radius 1 is 1.32 bits per heavy atom. The molecule has 6 nitrogen and oxygen atoms in total. The summed E-state index contributed by atoms with van der Waals surface area (Å²) in [4.78, 5) is 15.8. The number of rotatable bonds is 3. The van der Waals surface area contributed by atoms with Gasteiger partial charge in [0.2, 0.25) is 11.6 Å². The summed E-state index contributed by atoms with van der Waals surface area (Å²) in [5.41, 5.74) is -0.379. The Kier molecular flexibility index (Phi) is 5.21. The minimum absolute atomic E-state index is 0.202. The second kappa shape index (κ2) is 6.27. The maximum Gasteiger partial charge on any atom is 0.413 e. The highest BCUT2D eigenvalue weighted by atomic mass is 127. The Hall–Kier alpha value is -1.25. The molecule has 1 rings (SSSR count). The van der Waals surface area contributed by atoms with Crippen LogP contribution in [-0.4, -0.2) is 30.8 Å². The van der Waals surface area contributed by atoms with Gasteiger partial charge in [0.05, 0.1) is 17.8 Å². The quantitative estimate of drug-likeness (QED) is 0.817. The topological polar surface area (TPSA) is 69.7 Å². The first-order valence-electron chi connectivity index (χ1n) is 5.55. The Labute approximate surface area is 126 Å². The Balaban J connectivity index is 2.97.